The van der Waals surface area contributed by atoms with E-state index in [-0.39, 0.29) is 0 Å². The molecular weight excluding hydrogens is 338 g/mol. The monoisotopic (exact) mass is 369 g/mol. The minimum Gasteiger partial charge on any atom is -0.382 e. The first-order valence-electron chi connectivity index (χ1n) is 8.78. The van der Waals surface area contributed by atoms with Crippen LogP contribution < -0.4 is 10.6 Å². The molecule has 25 heavy (non-hydrogen) atoms. The highest BCUT2D eigenvalue weighted by molar-refractivity contribution is 7.90. The zero-order valence-electron chi connectivity index (χ0n) is 15.8. The Balaban J connectivity index is 2.60. The van der Waals surface area contributed by atoms with Gasteiger partial charge in [-0.3, -0.25) is 0 Å². The number of aryl methyl sites for hydroxylation is 1. The summed E-state index contributed by atoms with van der Waals surface area (Å²) in [5.41, 5.74) is 1.74. The highest BCUT2D eigenvalue weighted by Gasteiger charge is 2.10. The minimum absolute atomic E-state index is 0.375. The average Bonchev–Trinajstić information content (AvgIpc) is 2.54. The van der Waals surface area contributed by atoms with Crippen LogP contribution in [0.4, 0.5) is 0 Å². The lowest BCUT2D eigenvalue weighted by atomic mass is 10.1. The van der Waals surface area contributed by atoms with Gasteiger partial charge in [0.15, 0.2) is 15.8 Å². The zero-order chi connectivity index (χ0) is 18.7. The molecule has 0 saturated heterocycles. The van der Waals surface area contributed by atoms with Crippen LogP contribution in [0.1, 0.15) is 37.8 Å². The fraction of sp³-hybridized carbons (Fsp3) is 0.611. The van der Waals surface area contributed by atoms with Crippen molar-refractivity contribution in [3.8, 4) is 0 Å². The number of unbranched alkanes of at least 4 members (excludes halogenated alkanes) is 1. The highest BCUT2D eigenvalue weighted by Crippen LogP contribution is 2.17. The number of hydrogen-bond donors (Lipinski definition) is 2. The standard InChI is InChI=1S/C18H31N3O3S/c1-5-19-18(20-11-7-8-12-24-6-2)21-14-16-9-10-17(15(3)13-16)25(4,22)23/h9-10,13H,5-8,11-12,14H2,1-4H3,(H2,19,20,21). The Morgan fingerprint density at radius 1 is 1.20 bits per heavy atom. The molecule has 2 N–H and O–H groups in total. The van der Waals surface area contributed by atoms with Gasteiger partial charge in [0, 0.05) is 32.6 Å². The number of aliphatic imine (C=N–C) groups is 1. The summed E-state index contributed by atoms with van der Waals surface area (Å²) in [6.45, 7) is 9.51. The topological polar surface area (TPSA) is 79.8 Å². The third-order valence-electron chi connectivity index (χ3n) is 3.61. The maximum atomic E-state index is 11.7. The molecule has 7 heteroatoms. The molecule has 0 bridgehead atoms. The second-order valence-corrected chi connectivity index (χ2v) is 7.88. The Morgan fingerprint density at radius 3 is 2.56 bits per heavy atom. The van der Waals surface area contributed by atoms with Gasteiger partial charge in [0.1, 0.15) is 0 Å². The number of sulfone groups is 1. The SMILES string of the molecule is CCNC(=NCc1ccc(S(C)(=O)=O)c(C)c1)NCCCCOCC. The molecule has 0 aliphatic rings. The average molecular weight is 370 g/mol. The molecule has 142 valence electrons. The van der Waals surface area contributed by atoms with E-state index in [0.29, 0.717) is 11.4 Å². The lowest BCUT2D eigenvalue weighted by Crippen LogP contribution is -2.37. The Labute approximate surface area is 152 Å². The van der Waals surface area contributed by atoms with Gasteiger partial charge < -0.3 is 15.4 Å². The largest absolute Gasteiger partial charge is 0.382 e. The molecule has 1 aromatic rings. The number of nitrogens with one attached hydrogen (secondary N) is 2. The maximum Gasteiger partial charge on any atom is 0.191 e. The normalized spacial score (nSPS) is 12.2. The summed E-state index contributed by atoms with van der Waals surface area (Å²) in [4.78, 5) is 4.94. The van der Waals surface area contributed by atoms with Gasteiger partial charge in [-0.25, -0.2) is 13.4 Å². The summed E-state index contributed by atoms with van der Waals surface area (Å²) in [5.74, 6) is 0.767. The summed E-state index contributed by atoms with van der Waals surface area (Å²) in [5, 5.41) is 6.52. The first-order chi connectivity index (χ1) is 11.9. The summed E-state index contributed by atoms with van der Waals surface area (Å²) in [6.07, 6.45) is 3.27. The van der Waals surface area contributed by atoms with Crippen LogP contribution in [-0.4, -0.2) is 46.9 Å². The van der Waals surface area contributed by atoms with E-state index < -0.39 is 9.84 Å². The molecule has 0 aliphatic heterocycles. The molecule has 6 nitrogen and oxygen atoms in total. The molecule has 1 aromatic carbocycles. The van der Waals surface area contributed by atoms with Crippen molar-refractivity contribution >= 4 is 15.8 Å². The van der Waals surface area contributed by atoms with Gasteiger partial charge in [0.25, 0.3) is 0 Å². The van der Waals surface area contributed by atoms with Crippen LogP contribution in [0.3, 0.4) is 0 Å². The van der Waals surface area contributed by atoms with Crippen LogP contribution in [0.15, 0.2) is 28.1 Å². The summed E-state index contributed by atoms with van der Waals surface area (Å²) >= 11 is 0. The third-order valence-corrected chi connectivity index (χ3v) is 4.87. The van der Waals surface area contributed by atoms with Crippen molar-refractivity contribution in [3.63, 3.8) is 0 Å². The van der Waals surface area contributed by atoms with Gasteiger partial charge in [-0.05, 0) is 50.8 Å². The molecule has 0 aromatic heterocycles. The zero-order valence-corrected chi connectivity index (χ0v) is 16.6. The third kappa shape index (κ3) is 8.36. The van der Waals surface area contributed by atoms with Gasteiger partial charge in [-0.2, -0.15) is 0 Å². The smallest absolute Gasteiger partial charge is 0.191 e. The number of hydrogen-bond acceptors (Lipinski definition) is 4. The second kappa shape index (κ2) is 11.1. The molecule has 0 aliphatic carbocycles. The summed E-state index contributed by atoms with van der Waals surface area (Å²) in [6, 6.07) is 5.35. The number of ether oxygens (including phenoxy) is 1. The first kappa shape index (κ1) is 21.4. The molecule has 0 saturated carbocycles. The van der Waals surface area contributed by atoms with E-state index in [0.717, 1.165) is 56.2 Å². The van der Waals surface area contributed by atoms with E-state index in [9.17, 15) is 8.42 Å². The first-order valence-corrected chi connectivity index (χ1v) is 10.7. The quantitative estimate of drug-likeness (QED) is 0.376. The van der Waals surface area contributed by atoms with E-state index in [2.05, 4.69) is 15.6 Å². The van der Waals surface area contributed by atoms with Gasteiger partial charge in [0.2, 0.25) is 0 Å². The van der Waals surface area contributed by atoms with Crippen molar-refractivity contribution in [1.29, 1.82) is 0 Å². The van der Waals surface area contributed by atoms with Crippen LogP contribution in [0, 0.1) is 6.92 Å². The van der Waals surface area contributed by atoms with E-state index in [4.69, 9.17) is 4.74 Å². The molecule has 0 atom stereocenters. The van der Waals surface area contributed by atoms with E-state index in [1.165, 1.54) is 6.26 Å². The Bertz CT molecular complexity index is 658. The second-order valence-electron chi connectivity index (χ2n) is 5.90. The molecule has 1 rings (SSSR count). The van der Waals surface area contributed by atoms with Gasteiger partial charge in [-0.1, -0.05) is 12.1 Å². The van der Waals surface area contributed by atoms with Crippen molar-refractivity contribution < 1.29 is 13.2 Å². The Hall–Kier alpha value is -1.60. The van der Waals surface area contributed by atoms with Crippen molar-refractivity contribution in [1.82, 2.24) is 10.6 Å². The molecule has 0 amide bonds. The van der Waals surface area contributed by atoms with Crippen molar-refractivity contribution in [3.05, 3.63) is 29.3 Å². The van der Waals surface area contributed by atoms with Crippen LogP contribution >= 0.6 is 0 Å². The van der Waals surface area contributed by atoms with Gasteiger partial charge >= 0.3 is 0 Å². The lowest BCUT2D eigenvalue weighted by Gasteiger charge is -2.12. The number of rotatable bonds is 10. The Kier molecular flexibility index (Phi) is 9.52. The molecule has 0 radical (unpaired) electrons. The molecule has 0 fully saturated rings. The van der Waals surface area contributed by atoms with Crippen molar-refractivity contribution in [2.45, 2.75) is 45.1 Å². The molecule has 0 spiro atoms. The maximum absolute atomic E-state index is 11.7. The minimum atomic E-state index is -3.18. The van der Waals surface area contributed by atoms with Gasteiger partial charge in [-0.15, -0.1) is 0 Å². The molecule has 0 unspecified atom stereocenters. The van der Waals surface area contributed by atoms with Crippen LogP contribution in [-0.2, 0) is 21.1 Å². The summed E-state index contributed by atoms with van der Waals surface area (Å²) < 4.78 is 28.7. The number of nitrogens with zero attached hydrogens (tertiary/aromatic N) is 1. The molecule has 0 heterocycles. The van der Waals surface area contributed by atoms with Crippen molar-refractivity contribution in [2.75, 3.05) is 32.6 Å². The fourth-order valence-electron chi connectivity index (χ4n) is 2.42. The predicted octanol–water partition coefficient (Wildman–Crippen LogP) is 2.27. The van der Waals surface area contributed by atoms with E-state index in [1.807, 2.05) is 32.9 Å². The summed E-state index contributed by atoms with van der Waals surface area (Å²) in [7, 11) is -3.18. The van der Waals surface area contributed by atoms with Crippen LogP contribution in [0.2, 0.25) is 0 Å². The number of guanidine groups is 1. The van der Waals surface area contributed by atoms with Crippen molar-refractivity contribution in [2.24, 2.45) is 4.99 Å². The van der Waals surface area contributed by atoms with E-state index >= 15 is 0 Å². The fourth-order valence-corrected chi connectivity index (χ4v) is 3.38. The van der Waals surface area contributed by atoms with E-state index in [1.54, 1.807) is 6.07 Å². The van der Waals surface area contributed by atoms with Crippen LogP contribution in [0.25, 0.3) is 0 Å². The van der Waals surface area contributed by atoms with Gasteiger partial charge in [0.05, 0.1) is 11.4 Å². The van der Waals surface area contributed by atoms with Crippen LogP contribution in [0.5, 0.6) is 0 Å². The lowest BCUT2D eigenvalue weighted by molar-refractivity contribution is 0.143. The Morgan fingerprint density at radius 2 is 1.96 bits per heavy atom. The predicted molar refractivity (Wildman–Crippen MR) is 103 cm³/mol. The highest BCUT2D eigenvalue weighted by atomic mass is 32.2. The molecular formula is C18H31N3O3S. The number of benzene rings is 1.